The van der Waals surface area contributed by atoms with Crippen LogP contribution in [0.1, 0.15) is 30.4 Å². The van der Waals surface area contributed by atoms with Crippen molar-refractivity contribution in [2.24, 2.45) is 5.92 Å². The summed E-state index contributed by atoms with van der Waals surface area (Å²) >= 11 is 0. The summed E-state index contributed by atoms with van der Waals surface area (Å²) in [6.45, 7) is 4.35. The van der Waals surface area contributed by atoms with Crippen molar-refractivity contribution in [1.29, 1.82) is 0 Å². The molecule has 5 nitrogen and oxygen atoms in total. The predicted octanol–water partition coefficient (Wildman–Crippen LogP) is 4.06. The van der Waals surface area contributed by atoms with Gasteiger partial charge in [0, 0.05) is 17.3 Å². The number of amides is 2. The van der Waals surface area contributed by atoms with Crippen molar-refractivity contribution in [3.63, 3.8) is 0 Å². The number of carbonyl (C=O) groups excluding carboxylic acids is 2. The molecule has 0 saturated heterocycles. The third-order valence-electron chi connectivity index (χ3n) is 4.50. The second-order valence-corrected chi connectivity index (χ2v) is 6.69. The van der Waals surface area contributed by atoms with Gasteiger partial charge in [-0.25, -0.2) is 0 Å². The fraction of sp³-hybridized carbons (Fsp3) is 0.333. The molecule has 2 amide bonds. The highest BCUT2D eigenvalue weighted by Gasteiger charge is 2.29. The van der Waals surface area contributed by atoms with E-state index in [0.29, 0.717) is 18.0 Å². The zero-order valence-electron chi connectivity index (χ0n) is 15.2. The second kappa shape index (κ2) is 8.04. The molecule has 1 fully saturated rings. The van der Waals surface area contributed by atoms with Gasteiger partial charge in [0.05, 0.1) is 13.0 Å². The Morgan fingerprint density at radius 3 is 2.46 bits per heavy atom. The van der Waals surface area contributed by atoms with E-state index in [4.69, 9.17) is 4.74 Å². The van der Waals surface area contributed by atoms with Crippen molar-refractivity contribution in [3.8, 4) is 5.75 Å². The van der Waals surface area contributed by atoms with E-state index in [0.717, 1.165) is 29.7 Å². The lowest BCUT2D eigenvalue weighted by molar-refractivity contribution is -0.117. The highest BCUT2D eigenvalue weighted by Crippen LogP contribution is 2.30. The van der Waals surface area contributed by atoms with Crippen molar-refractivity contribution in [2.45, 2.75) is 33.1 Å². The van der Waals surface area contributed by atoms with Gasteiger partial charge in [-0.3, -0.25) is 9.59 Å². The number of anilines is 2. The minimum absolute atomic E-state index is 0.0513. The van der Waals surface area contributed by atoms with Gasteiger partial charge >= 0.3 is 0 Å². The van der Waals surface area contributed by atoms with Gasteiger partial charge in [-0.2, -0.15) is 0 Å². The third-order valence-corrected chi connectivity index (χ3v) is 4.50. The first-order valence-electron chi connectivity index (χ1n) is 8.93. The first-order chi connectivity index (χ1) is 12.5. The van der Waals surface area contributed by atoms with Crippen LogP contribution in [0, 0.1) is 19.8 Å². The lowest BCUT2D eigenvalue weighted by Crippen LogP contribution is -2.16. The van der Waals surface area contributed by atoms with Gasteiger partial charge in [-0.15, -0.1) is 0 Å². The van der Waals surface area contributed by atoms with Crippen molar-refractivity contribution in [2.75, 3.05) is 17.2 Å². The topological polar surface area (TPSA) is 67.4 Å². The molecule has 0 spiro atoms. The highest BCUT2D eigenvalue weighted by molar-refractivity contribution is 5.95. The van der Waals surface area contributed by atoms with Crippen molar-refractivity contribution in [3.05, 3.63) is 53.6 Å². The summed E-state index contributed by atoms with van der Waals surface area (Å²) < 4.78 is 5.72. The van der Waals surface area contributed by atoms with Crippen LogP contribution >= 0.6 is 0 Å². The average molecular weight is 352 g/mol. The number of aryl methyl sites for hydroxylation is 1. The molecule has 2 N–H and O–H groups in total. The summed E-state index contributed by atoms with van der Waals surface area (Å²) in [6.07, 6.45) is 2.18. The van der Waals surface area contributed by atoms with Crippen LogP contribution in [-0.2, 0) is 9.59 Å². The van der Waals surface area contributed by atoms with Crippen LogP contribution in [0.25, 0.3) is 0 Å². The number of hydrogen-bond donors (Lipinski definition) is 2. The standard InChI is InChI=1S/C21H24N2O3/c1-14-5-3-8-19(15(14)2)26-12-11-20(24)22-17-6-4-7-18(13-17)23-21(25)16-9-10-16/h3-8,13,16H,9-12H2,1-2H3,(H,22,24)(H,23,25). The Bertz CT molecular complexity index is 813. The lowest BCUT2D eigenvalue weighted by Gasteiger charge is -2.11. The molecule has 2 aromatic rings. The molecule has 0 radical (unpaired) electrons. The van der Waals surface area contributed by atoms with E-state index in [1.165, 1.54) is 0 Å². The molecule has 0 aliphatic heterocycles. The summed E-state index contributed by atoms with van der Waals surface area (Å²) in [7, 11) is 0. The molecule has 0 heterocycles. The van der Waals surface area contributed by atoms with Gasteiger partial charge in [-0.1, -0.05) is 18.2 Å². The number of benzene rings is 2. The Hall–Kier alpha value is -2.82. The first kappa shape index (κ1) is 18.0. The summed E-state index contributed by atoms with van der Waals surface area (Å²) in [5.74, 6) is 0.884. The fourth-order valence-electron chi connectivity index (χ4n) is 2.62. The Morgan fingerprint density at radius 2 is 1.73 bits per heavy atom. The van der Waals surface area contributed by atoms with Crippen molar-refractivity contribution < 1.29 is 14.3 Å². The van der Waals surface area contributed by atoms with Gasteiger partial charge in [-0.05, 0) is 62.1 Å². The number of rotatable bonds is 7. The smallest absolute Gasteiger partial charge is 0.227 e. The number of nitrogens with one attached hydrogen (secondary N) is 2. The quantitative estimate of drug-likeness (QED) is 0.790. The fourth-order valence-corrected chi connectivity index (χ4v) is 2.62. The molecule has 1 saturated carbocycles. The van der Waals surface area contributed by atoms with Crippen LogP contribution < -0.4 is 15.4 Å². The molecule has 0 unspecified atom stereocenters. The molecule has 2 aromatic carbocycles. The van der Waals surface area contributed by atoms with E-state index >= 15 is 0 Å². The maximum Gasteiger partial charge on any atom is 0.227 e. The summed E-state index contributed by atoms with van der Waals surface area (Å²) in [5.41, 5.74) is 3.62. The minimum Gasteiger partial charge on any atom is -0.493 e. The summed E-state index contributed by atoms with van der Waals surface area (Å²) in [5, 5.41) is 5.72. The Labute approximate surface area is 153 Å². The van der Waals surface area contributed by atoms with Gasteiger partial charge < -0.3 is 15.4 Å². The number of hydrogen-bond acceptors (Lipinski definition) is 3. The van der Waals surface area contributed by atoms with Gasteiger partial charge in [0.15, 0.2) is 0 Å². The Kier molecular flexibility index (Phi) is 5.56. The summed E-state index contributed by atoms with van der Waals surface area (Å²) in [6, 6.07) is 13.1. The molecule has 0 bridgehead atoms. The maximum absolute atomic E-state index is 12.1. The van der Waals surface area contributed by atoms with Gasteiger partial charge in [0.1, 0.15) is 5.75 Å². The van der Waals surface area contributed by atoms with E-state index < -0.39 is 0 Å². The Balaban J connectivity index is 1.48. The van der Waals surface area contributed by atoms with Crippen molar-refractivity contribution in [1.82, 2.24) is 0 Å². The van der Waals surface area contributed by atoms with E-state index in [1.807, 2.05) is 44.2 Å². The number of ether oxygens (including phenoxy) is 1. The number of carbonyl (C=O) groups is 2. The third kappa shape index (κ3) is 4.85. The van der Waals surface area contributed by atoms with E-state index in [2.05, 4.69) is 10.6 Å². The highest BCUT2D eigenvalue weighted by atomic mass is 16.5. The molecular weight excluding hydrogens is 328 g/mol. The van der Waals surface area contributed by atoms with Crippen LogP contribution in [0.2, 0.25) is 0 Å². The monoisotopic (exact) mass is 352 g/mol. The van der Waals surface area contributed by atoms with Crippen LogP contribution in [0.15, 0.2) is 42.5 Å². The van der Waals surface area contributed by atoms with E-state index in [-0.39, 0.29) is 24.2 Å². The predicted molar refractivity (Wildman–Crippen MR) is 102 cm³/mol. The largest absolute Gasteiger partial charge is 0.493 e. The second-order valence-electron chi connectivity index (χ2n) is 6.69. The van der Waals surface area contributed by atoms with Gasteiger partial charge in [0.25, 0.3) is 0 Å². The van der Waals surface area contributed by atoms with Crippen LogP contribution in [-0.4, -0.2) is 18.4 Å². The molecule has 1 aliphatic carbocycles. The SMILES string of the molecule is Cc1cccc(OCCC(=O)Nc2cccc(NC(=O)C3CC3)c2)c1C. The minimum atomic E-state index is -0.124. The molecule has 5 heteroatoms. The van der Waals surface area contributed by atoms with Crippen LogP contribution in [0.3, 0.4) is 0 Å². The molecule has 26 heavy (non-hydrogen) atoms. The zero-order chi connectivity index (χ0) is 18.5. The normalized spacial score (nSPS) is 13.2. The maximum atomic E-state index is 12.1. The summed E-state index contributed by atoms with van der Waals surface area (Å²) in [4.78, 5) is 23.9. The molecule has 0 aromatic heterocycles. The molecule has 136 valence electrons. The van der Waals surface area contributed by atoms with Crippen molar-refractivity contribution >= 4 is 23.2 Å². The lowest BCUT2D eigenvalue weighted by atomic mass is 10.1. The van der Waals surface area contributed by atoms with E-state index in [9.17, 15) is 9.59 Å². The molecule has 1 aliphatic rings. The van der Waals surface area contributed by atoms with Gasteiger partial charge in [0.2, 0.25) is 11.8 Å². The zero-order valence-corrected chi connectivity index (χ0v) is 15.2. The average Bonchev–Trinajstić information content (AvgIpc) is 3.44. The molecule has 3 rings (SSSR count). The van der Waals surface area contributed by atoms with E-state index in [1.54, 1.807) is 12.1 Å². The van der Waals surface area contributed by atoms with Crippen LogP contribution in [0.5, 0.6) is 5.75 Å². The first-order valence-corrected chi connectivity index (χ1v) is 8.93. The molecular formula is C21H24N2O3. The Morgan fingerprint density at radius 1 is 1.04 bits per heavy atom. The van der Waals surface area contributed by atoms with Crippen LogP contribution in [0.4, 0.5) is 11.4 Å². The molecule has 0 atom stereocenters.